The molecule has 2 atom stereocenters. The van der Waals surface area contributed by atoms with E-state index >= 15 is 0 Å². The molecule has 1 aliphatic rings. The summed E-state index contributed by atoms with van der Waals surface area (Å²) in [5.74, 6) is -1.16. The molecule has 0 aromatic heterocycles. The fraction of sp³-hybridized carbons (Fsp3) is 0.400. The van der Waals surface area contributed by atoms with Crippen LogP contribution in [0.1, 0.15) is 12.0 Å². The Hall–Kier alpha value is -1.95. The quantitative estimate of drug-likeness (QED) is 0.725. The van der Waals surface area contributed by atoms with E-state index < -0.39 is 11.6 Å². The van der Waals surface area contributed by atoms with Crippen LogP contribution in [0.4, 0.5) is 13.6 Å². The van der Waals surface area contributed by atoms with Crippen molar-refractivity contribution in [2.75, 3.05) is 13.2 Å². The van der Waals surface area contributed by atoms with E-state index in [1.807, 2.05) is 12.2 Å². The van der Waals surface area contributed by atoms with Crippen molar-refractivity contribution in [2.45, 2.75) is 18.9 Å². The predicted molar refractivity (Wildman–Crippen MR) is 74.7 cm³/mol. The van der Waals surface area contributed by atoms with Gasteiger partial charge in [-0.1, -0.05) is 12.2 Å². The van der Waals surface area contributed by atoms with E-state index in [1.54, 1.807) is 0 Å². The third-order valence-corrected chi connectivity index (χ3v) is 3.34. The van der Waals surface area contributed by atoms with Crippen LogP contribution in [0.3, 0.4) is 0 Å². The van der Waals surface area contributed by atoms with E-state index in [1.165, 1.54) is 12.1 Å². The van der Waals surface area contributed by atoms with Gasteiger partial charge in [0.2, 0.25) is 0 Å². The summed E-state index contributed by atoms with van der Waals surface area (Å²) in [6, 6.07) is 2.88. The number of halogens is 2. The zero-order valence-electron chi connectivity index (χ0n) is 11.5. The predicted octanol–water partition coefficient (Wildman–Crippen LogP) is 1.74. The first-order chi connectivity index (χ1) is 10.1. The van der Waals surface area contributed by atoms with Crippen LogP contribution >= 0.6 is 0 Å². The Labute approximate surface area is 121 Å². The summed E-state index contributed by atoms with van der Waals surface area (Å²) in [5, 5.41) is 14.4. The molecule has 0 unspecified atom stereocenters. The monoisotopic (exact) mass is 296 g/mol. The van der Waals surface area contributed by atoms with Gasteiger partial charge in [-0.05, 0) is 30.5 Å². The van der Waals surface area contributed by atoms with E-state index in [2.05, 4.69) is 10.6 Å². The summed E-state index contributed by atoms with van der Waals surface area (Å²) in [6.45, 7) is 0.357. The first kappa shape index (κ1) is 15.4. The second-order valence-corrected chi connectivity index (χ2v) is 5.10. The third kappa shape index (κ3) is 4.82. The van der Waals surface area contributed by atoms with E-state index in [0.29, 0.717) is 18.4 Å². The van der Waals surface area contributed by atoms with Gasteiger partial charge in [-0.2, -0.15) is 0 Å². The van der Waals surface area contributed by atoms with Gasteiger partial charge in [-0.25, -0.2) is 13.6 Å². The number of carbonyl (C=O) groups is 1. The zero-order valence-corrected chi connectivity index (χ0v) is 11.5. The molecule has 1 aromatic carbocycles. The molecule has 3 N–H and O–H groups in total. The van der Waals surface area contributed by atoms with E-state index in [4.69, 9.17) is 5.11 Å². The second kappa shape index (κ2) is 7.17. The zero-order chi connectivity index (χ0) is 15.2. The lowest BCUT2D eigenvalue weighted by Gasteiger charge is -2.13. The van der Waals surface area contributed by atoms with Crippen LogP contribution in [0, 0.1) is 17.6 Å². The largest absolute Gasteiger partial charge is 0.396 e. The topological polar surface area (TPSA) is 61.4 Å². The Morgan fingerprint density at radius 1 is 1.24 bits per heavy atom. The highest BCUT2D eigenvalue weighted by atomic mass is 19.1. The summed E-state index contributed by atoms with van der Waals surface area (Å²) >= 11 is 0. The SMILES string of the molecule is O=C(NCCc1cc(F)cc(F)c1)N[C@@H]1C=C[C@H](CO)C1. The normalized spacial score (nSPS) is 20.5. The lowest BCUT2D eigenvalue weighted by molar-refractivity contribution is 0.231. The fourth-order valence-corrected chi connectivity index (χ4v) is 2.31. The van der Waals surface area contributed by atoms with Crippen molar-refractivity contribution >= 4 is 6.03 Å². The molecule has 4 nitrogen and oxygen atoms in total. The van der Waals surface area contributed by atoms with Crippen LogP contribution in [-0.4, -0.2) is 30.3 Å². The number of rotatable bonds is 5. The van der Waals surface area contributed by atoms with E-state index in [9.17, 15) is 13.6 Å². The van der Waals surface area contributed by atoms with Crippen molar-refractivity contribution < 1.29 is 18.7 Å². The Balaban J connectivity index is 1.71. The molecule has 0 aliphatic heterocycles. The Morgan fingerprint density at radius 2 is 1.95 bits per heavy atom. The maximum absolute atomic E-state index is 13.0. The first-order valence-corrected chi connectivity index (χ1v) is 6.85. The van der Waals surface area contributed by atoms with Gasteiger partial charge in [-0.15, -0.1) is 0 Å². The van der Waals surface area contributed by atoms with Gasteiger partial charge in [0.05, 0.1) is 0 Å². The van der Waals surface area contributed by atoms with Crippen molar-refractivity contribution in [1.29, 1.82) is 0 Å². The molecule has 114 valence electrons. The maximum atomic E-state index is 13.0. The number of urea groups is 1. The number of hydrogen-bond donors (Lipinski definition) is 3. The molecule has 0 spiro atoms. The number of carbonyl (C=O) groups excluding carboxylic acids is 1. The van der Waals surface area contributed by atoms with Gasteiger partial charge in [-0.3, -0.25) is 0 Å². The highest BCUT2D eigenvalue weighted by Crippen LogP contribution is 2.16. The molecular weight excluding hydrogens is 278 g/mol. The lowest BCUT2D eigenvalue weighted by Crippen LogP contribution is -2.41. The summed E-state index contributed by atoms with van der Waals surface area (Å²) in [4.78, 5) is 11.7. The average molecular weight is 296 g/mol. The summed E-state index contributed by atoms with van der Waals surface area (Å²) < 4.78 is 26.0. The molecule has 0 saturated heterocycles. The molecule has 0 radical (unpaired) electrons. The van der Waals surface area contributed by atoms with Gasteiger partial charge in [0.25, 0.3) is 0 Å². The second-order valence-electron chi connectivity index (χ2n) is 5.10. The Bertz CT molecular complexity index is 514. The van der Waals surface area contributed by atoms with Gasteiger partial charge in [0.15, 0.2) is 0 Å². The third-order valence-electron chi connectivity index (χ3n) is 3.34. The highest BCUT2D eigenvalue weighted by Gasteiger charge is 2.19. The molecule has 0 heterocycles. The minimum absolute atomic E-state index is 0.0709. The van der Waals surface area contributed by atoms with Crippen molar-refractivity contribution in [3.8, 4) is 0 Å². The molecule has 2 rings (SSSR count). The smallest absolute Gasteiger partial charge is 0.315 e. The Morgan fingerprint density at radius 3 is 2.57 bits per heavy atom. The van der Waals surface area contributed by atoms with Gasteiger partial charge >= 0.3 is 6.03 Å². The van der Waals surface area contributed by atoms with Crippen LogP contribution in [0.5, 0.6) is 0 Å². The molecule has 0 saturated carbocycles. The minimum atomic E-state index is -0.624. The molecule has 0 fully saturated rings. The Kier molecular flexibility index (Phi) is 5.27. The molecule has 1 aliphatic carbocycles. The van der Waals surface area contributed by atoms with E-state index in [-0.39, 0.29) is 31.1 Å². The van der Waals surface area contributed by atoms with Crippen molar-refractivity contribution in [3.05, 3.63) is 47.5 Å². The van der Waals surface area contributed by atoms with Gasteiger partial charge < -0.3 is 15.7 Å². The van der Waals surface area contributed by atoms with Crippen molar-refractivity contribution in [2.24, 2.45) is 5.92 Å². The van der Waals surface area contributed by atoms with Crippen LogP contribution in [-0.2, 0) is 6.42 Å². The summed E-state index contributed by atoms with van der Waals surface area (Å²) in [7, 11) is 0. The maximum Gasteiger partial charge on any atom is 0.315 e. The van der Waals surface area contributed by atoms with Crippen molar-refractivity contribution in [3.63, 3.8) is 0 Å². The molecule has 21 heavy (non-hydrogen) atoms. The molecular formula is C15H18F2N2O2. The minimum Gasteiger partial charge on any atom is -0.396 e. The summed E-state index contributed by atoms with van der Waals surface area (Å²) in [6.07, 6.45) is 4.75. The fourth-order valence-electron chi connectivity index (χ4n) is 2.31. The van der Waals surface area contributed by atoms with Crippen LogP contribution < -0.4 is 10.6 Å². The highest BCUT2D eigenvalue weighted by molar-refractivity contribution is 5.74. The average Bonchev–Trinajstić information content (AvgIpc) is 2.85. The molecule has 0 bridgehead atoms. The number of hydrogen-bond acceptors (Lipinski definition) is 2. The number of amides is 2. The molecule has 6 heteroatoms. The molecule has 2 amide bonds. The molecule has 1 aromatic rings. The van der Waals surface area contributed by atoms with Crippen LogP contribution in [0.25, 0.3) is 0 Å². The number of aliphatic hydroxyl groups is 1. The van der Waals surface area contributed by atoms with Crippen LogP contribution in [0.15, 0.2) is 30.4 Å². The van der Waals surface area contributed by atoms with Crippen molar-refractivity contribution in [1.82, 2.24) is 10.6 Å². The summed E-state index contributed by atoms with van der Waals surface area (Å²) in [5.41, 5.74) is 0.494. The standard InChI is InChI=1S/C15H18F2N2O2/c16-12-5-10(6-13(17)8-12)3-4-18-15(21)19-14-2-1-11(7-14)9-20/h1-2,5-6,8,11,14,20H,3-4,7,9H2,(H2,18,19,21)/t11-,14+/m0/s1. The lowest BCUT2D eigenvalue weighted by atomic mass is 10.1. The van der Waals surface area contributed by atoms with Gasteiger partial charge in [0.1, 0.15) is 11.6 Å². The number of benzene rings is 1. The van der Waals surface area contributed by atoms with Gasteiger partial charge in [0, 0.05) is 31.2 Å². The first-order valence-electron chi connectivity index (χ1n) is 6.85. The van der Waals surface area contributed by atoms with Crippen LogP contribution in [0.2, 0.25) is 0 Å². The van der Waals surface area contributed by atoms with E-state index in [0.717, 1.165) is 6.07 Å². The number of aliphatic hydroxyl groups excluding tert-OH is 1. The number of nitrogens with one attached hydrogen (secondary N) is 2.